The molecule has 0 unspecified atom stereocenters. The average Bonchev–Trinajstić information content (AvgIpc) is 2.73. The summed E-state index contributed by atoms with van der Waals surface area (Å²) < 4.78 is 80.8. The van der Waals surface area contributed by atoms with E-state index in [0.29, 0.717) is 16.1 Å². The first-order chi connectivity index (χ1) is 16.2. The summed E-state index contributed by atoms with van der Waals surface area (Å²) in [5.41, 5.74) is -1.29. The number of amides is 1. The summed E-state index contributed by atoms with van der Waals surface area (Å²) in [6, 6.07) is 8.12. The maximum atomic E-state index is 14.3. The standard InChI is InChI=1S/C22H20BrF4NO4/c1-32-14-9-15(11-2-5-13(23)6-3-11)19(21(30)31)16(10-14)20(29)28-18-7-4-12(8-17(18)24)22(25,26)27/h2-8,14-16,19H,9-10H2,1H3,(H,28,29)(H,30,31)/t14-,15-,16-,19-/m1/s1/i1D3. The number of carbonyl (C=O) groups is 2. The summed E-state index contributed by atoms with van der Waals surface area (Å²) in [5.74, 6) is -7.17. The molecule has 3 rings (SSSR count). The van der Waals surface area contributed by atoms with Crippen molar-refractivity contribution in [3.63, 3.8) is 0 Å². The number of carboxylic acid groups (broad SMARTS) is 1. The number of carboxylic acids is 1. The Morgan fingerprint density at radius 3 is 2.44 bits per heavy atom. The monoisotopic (exact) mass is 520 g/mol. The van der Waals surface area contributed by atoms with Crippen molar-refractivity contribution < 1.29 is 41.1 Å². The van der Waals surface area contributed by atoms with Crippen LogP contribution in [-0.2, 0) is 20.5 Å². The number of methoxy groups -OCH3 is 1. The van der Waals surface area contributed by atoms with E-state index in [9.17, 15) is 32.3 Å². The van der Waals surface area contributed by atoms with Crippen molar-refractivity contribution in [2.24, 2.45) is 11.8 Å². The molecule has 0 heterocycles. The fourth-order valence-electron chi connectivity index (χ4n) is 4.02. The Bertz CT molecular complexity index is 1100. The summed E-state index contributed by atoms with van der Waals surface area (Å²) >= 11 is 3.28. The van der Waals surface area contributed by atoms with E-state index in [1.165, 1.54) is 0 Å². The maximum absolute atomic E-state index is 14.3. The normalized spacial score (nSPS) is 25.3. The number of anilines is 1. The third-order valence-corrected chi connectivity index (χ3v) is 6.07. The third kappa shape index (κ3) is 5.29. The molecule has 1 amide bonds. The first-order valence-electron chi connectivity index (χ1n) is 11.0. The smallest absolute Gasteiger partial charge is 0.416 e. The molecular formula is C22H20BrF4NO4. The molecule has 1 fully saturated rings. The molecule has 10 heteroatoms. The summed E-state index contributed by atoms with van der Waals surface area (Å²) in [6.45, 7) is 0. The van der Waals surface area contributed by atoms with Gasteiger partial charge in [0.25, 0.3) is 0 Å². The number of benzene rings is 2. The van der Waals surface area contributed by atoms with E-state index < -0.39 is 66.0 Å². The lowest BCUT2D eigenvalue weighted by molar-refractivity contribution is -0.151. The van der Waals surface area contributed by atoms with Crippen LogP contribution in [0.25, 0.3) is 0 Å². The number of carbonyl (C=O) groups excluding carboxylic acids is 1. The number of ether oxygens (including phenoxy) is 1. The third-order valence-electron chi connectivity index (χ3n) is 5.54. The number of nitrogens with one attached hydrogen (secondary N) is 1. The van der Waals surface area contributed by atoms with Gasteiger partial charge < -0.3 is 15.2 Å². The van der Waals surface area contributed by atoms with Crippen molar-refractivity contribution in [2.75, 3.05) is 12.4 Å². The molecule has 32 heavy (non-hydrogen) atoms. The van der Waals surface area contributed by atoms with Gasteiger partial charge in [0, 0.05) is 17.4 Å². The number of hydrogen-bond acceptors (Lipinski definition) is 3. The van der Waals surface area contributed by atoms with Gasteiger partial charge in [0.15, 0.2) is 0 Å². The maximum Gasteiger partial charge on any atom is 0.416 e. The first-order valence-corrected chi connectivity index (χ1v) is 10.3. The molecule has 4 atom stereocenters. The highest BCUT2D eigenvalue weighted by Gasteiger charge is 2.46. The number of rotatable bonds is 5. The molecule has 2 N–H and O–H groups in total. The lowest BCUT2D eigenvalue weighted by Crippen LogP contribution is -2.44. The molecule has 5 nitrogen and oxygen atoms in total. The van der Waals surface area contributed by atoms with E-state index in [2.05, 4.69) is 21.2 Å². The number of hydrogen-bond donors (Lipinski definition) is 2. The highest BCUT2D eigenvalue weighted by atomic mass is 79.9. The van der Waals surface area contributed by atoms with Crippen LogP contribution in [0.3, 0.4) is 0 Å². The van der Waals surface area contributed by atoms with Crippen LogP contribution in [0.1, 0.15) is 34.0 Å². The molecular weight excluding hydrogens is 498 g/mol. The van der Waals surface area contributed by atoms with Crippen molar-refractivity contribution in [2.45, 2.75) is 31.0 Å². The van der Waals surface area contributed by atoms with Crippen LogP contribution in [0.5, 0.6) is 0 Å². The zero-order valence-electron chi connectivity index (χ0n) is 19.3. The van der Waals surface area contributed by atoms with Gasteiger partial charge in [-0.1, -0.05) is 28.1 Å². The van der Waals surface area contributed by atoms with E-state index in [-0.39, 0.29) is 18.9 Å². The van der Waals surface area contributed by atoms with Crippen LogP contribution < -0.4 is 5.32 Å². The van der Waals surface area contributed by atoms with Gasteiger partial charge in [-0.05, 0) is 48.7 Å². The van der Waals surface area contributed by atoms with E-state index in [1.807, 2.05) is 0 Å². The predicted octanol–water partition coefficient (Wildman–Crippen LogP) is 5.46. The lowest BCUT2D eigenvalue weighted by atomic mass is 9.68. The van der Waals surface area contributed by atoms with E-state index in [1.54, 1.807) is 24.3 Å². The largest absolute Gasteiger partial charge is 0.481 e. The Morgan fingerprint density at radius 1 is 1.19 bits per heavy atom. The lowest BCUT2D eigenvalue weighted by Gasteiger charge is -2.38. The minimum Gasteiger partial charge on any atom is -0.481 e. The van der Waals surface area contributed by atoms with Gasteiger partial charge in [0.05, 0.1) is 33.3 Å². The van der Waals surface area contributed by atoms with Gasteiger partial charge in [-0.3, -0.25) is 9.59 Å². The fraction of sp³-hybridized carbons (Fsp3) is 0.364. The molecule has 0 radical (unpaired) electrons. The minimum absolute atomic E-state index is 0.00455. The highest BCUT2D eigenvalue weighted by Crippen LogP contribution is 2.43. The summed E-state index contributed by atoms with van der Waals surface area (Å²) in [4.78, 5) is 25.3. The molecule has 0 bridgehead atoms. The Morgan fingerprint density at radius 2 is 1.88 bits per heavy atom. The molecule has 0 aromatic heterocycles. The second kappa shape index (κ2) is 9.58. The van der Waals surface area contributed by atoms with Crippen molar-refractivity contribution in [1.29, 1.82) is 0 Å². The Balaban J connectivity index is 1.95. The molecule has 2 aromatic carbocycles. The van der Waals surface area contributed by atoms with Crippen LogP contribution >= 0.6 is 15.9 Å². The van der Waals surface area contributed by atoms with Crippen LogP contribution in [0.15, 0.2) is 46.9 Å². The zero-order chi connectivity index (χ0) is 26.1. The highest BCUT2D eigenvalue weighted by molar-refractivity contribution is 9.10. The van der Waals surface area contributed by atoms with Gasteiger partial charge in [-0.25, -0.2) is 4.39 Å². The molecule has 0 aliphatic heterocycles. The van der Waals surface area contributed by atoms with Crippen molar-refractivity contribution in [3.8, 4) is 0 Å². The molecule has 0 spiro atoms. The Labute approximate surface area is 194 Å². The average molecular weight is 521 g/mol. The molecule has 1 aliphatic rings. The molecule has 0 saturated heterocycles. The van der Waals surface area contributed by atoms with Crippen LogP contribution in [0.2, 0.25) is 0 Å². The molecule has 2 aromatic rings. The number of alkyl halides is 3. The number of halogens is 5. The van der Waals surface area contributed by atoms with E-state index in [4.69, 9.17) is 8.85 Å². The predicted molar refractivity (Wildman–Crippen MR) is 112 cm³/mol. The number of aliphatic carboxylic acids is 1. The molecule has 1 aliphatic carbocycles. The SMILES string of the molecule is [2H]C([2H])([2H])O[C@@H]1C[C@H](c2ccc(Br)cc2)[C@@H](C(=O)O)[C@H](C(=O)Nc2ccc(C(F)(F)F)cc2F)C1. The second-order valence-electron chi connectivity index (χ2n) is 7.52. The summed E-state index contributed by atoms with van der Waals surface area (Å²) in [5, 5.41) is 12.1. The second-order valence-corrected chi connectivity index (χ2v) is 8.44. The molecule has 172 valence electrons. The molecule has 1 saturated carbocycles. The van der Waals surface area contributed by atoms with Gasteiger partial charge in [-0.15, -0.1) is 0 Å². The van der Waals surface area contributed by atoms with Gasteiger partial charge in [0.1, 0.15) is 5.82 Å². The summed E-state index contributed by atoms with van der Waals surface area (Å²) in [7, 11) is -2.81. The van der Waals surface area contributed by atoms with Crippen LogP contribution in [-0.4, -0.2) is 30.1 Å². The van der Waals surface area contributed by atoms with Crippen molar-refractivity contribution in [1.82, 2.24) is 0 Å². The minimum atomic E-state index is -4.79. The van der Waals surface area contributed by atoms with E-state index >= 15 is 0 Å². The van der Waals surface area contributed by atoms with Gasteiger partial charge in [-0.2, -0.15) is 13.2 Å². The van der Waals surface area contributed by atoms with Crippen LogP contribution in [0.4, 0.5) is 23.2 Å². The zero-order valence-corrected chi connectivity index (χ0v) is 17.9. The Kier molecular flexibility index (Phi) is 6.04. The summed E-state index contributed by atoms with van der Waals surface area (Å²) in [6.07, 6.45) is -6.12. The first kappa shape index (κ1) is 20.2. The van der Waals surface area contributed by atoms with Crippen molar-refractivity contribution >= 4 is 33.5 Å². The van der Waals surface area contributed by atoms with Crippen LogP contribution in [0, 0.1) is 17.7 Å². The fourth-order valence-corrected chi connectivity index (χ4v) is 4.28. The topological polar surface area (TPSA) is 75.6 Å². The van der Waals surface area contributed by atoms with E-state index in [0.717, 1.165) is 6.07 Å². The van der Waals surface area contributed by atoms with Gasteiger partial charge in [0.2, 0.25) is 5.91 Å². The van der Waals surface area contributed by atoms with Gasteiger partial charge >= 0.3 is 12.1 Å². The van der Waals surface area contributed by atoms with Crippen molar-refractivity contribution in [3.05, 3.63) is 63.9 Å². The Hall–Kier alpha value is -2.46. The quantitative estimate of drug-likeness (QED) is 0.513.